The van der Waals surface area contributed by atoms with Gasteiger partial charge in [-0.1, -0.05) is 6.07 Å². The largest absolute Gasteiger partial charge is 0.430 e. The van der Waals surface area contributed by atoms with Gasteiger partial charge in [0.1, 0.15) is 16.5 Å². The minimum atomic E-state index is -6.10. The maximum atomic E-state index is 13.7. The number of piperazine rings is 1. The summed E-state index contributed by atoms with van der Waals surface area (Å²) < 4.78 is 110. The third kappa shape index (κ3) is 5.06. The highest BCUT2D eigenvalue weighted by molar-refractivity contribution is 7.89. The van der Waals surface area contributed by atoms with Crippen LogP contribution < -0.4 is 10.6 Å². The van der Waals surface area contributed by atoms with Crippen LogP contribution in [0.3, 0.4) is 0 Å². The van der Waals surface area contributed by atoms with Gasteiger partial charge < -0.3 is 15.7 Å². The molecule has 0 unspecified atom stereocenters. The number of pyridine rings is 2. The number of hydrogen-bond acceptors (Lipinski definition) is 9. The van der Waals surface area contributed by atoms with Gasteiger partial charge in [0, 0.05) is 49.7 Å². The lowest BCUT2D eigenvalue weighted by atomic mass is 9.91. The molecular weight excluding hydrogens is 598 g/mol. The van der Waals surface area contributed by atoms with Crippen LogP contribution in [0.1, 0.15) is 5.56 Å². The molecule has 0 bridgehead atoms. The molecule has 3 N–H and O–H groups in total. The summed E-state index contributed by atoms with van der Waals surface area (Å²) in [6, 6.07) is 7.86. The lowest BCUT2D eigenvalue weighted by Crippen LogP contribution is -2.54. The van der Waals surface area contributed by atoms with E-state index < -0.39 is 33.5 Å². The van der Waals surface area contributed by atoms with E-state index in [-0.39, 0.29) is 53.8 Å². The Bertz CT molecular complexity index is 1670. The second-order valence-electron chi connectivity index (χ2n) is 9.15. The smallest absolute Gasteiger partial charge is 0.384 e. The van der Waals surface area contributed by atoms with Crippen molar-refractivity contribution in [2.45, 2.75) is 22.8 Å². The molecule has 0 saturated carbocycles. The van der Waals surface area contributed by atoms with Crippen molar-refractivity contribution in [2.75, 3.05) is 36.8 Å². The Balaban J connectivity index is 1.54. The van der Waals surface area contributed by atoms with Gasteiger partial charge in [0.2, 0.25) is 10.0 Å². The molecule has 0 aliphatic carbocycles. The molecule has 41 heavy (non-hydrogen) atoms. The normalized spacial score (nSPS) is 15.9. The summed E-state index contributed by atoms with van der Waals surface area (Å²) in [5.74, 6) is 0.149. The number of anilines is 2. The van der Waals surface area contributed by atoms with E-state index in [0.717, 1.165) is 10.9 Å². The highest BCUT2D eigenvalue weighted by Crippen LogP contribution is 2.51. The average molecular weight is 619 g/mol. The average Bonchev–Trinajstić information content (AvgIpc) is 3.39. The molecule has 17 heteroatoms. The van der Waals surface area contributed by atoms with Crippen molar-refractivity contribution in [3.8, 4) is 11.1 Å². The Morgan fingerprint density at radius 2 is 1.56 bits per heavy atom. The Hall–Kier alpha value is -3.54. The predicted molar refractivity (Wildman–Crippen MR) is 138 cm³/mol. The second-order valence-corrected chi connectivity index (χ2v) is 12.0. The first-order chi connectivity index (χ1) is 19.1. The predicted octanol–water partition coefficient (Wildman–Crippen LogP) is 4.16. The molecule has 0 radical (unpaired) electrons. The number of nitrogen functional groups attached to an aromatic ring is 1. The number of hydrogen-bond donors (Lipinski definition) is 2. The standard InChI is InChI=1S/C24H20F6N6O3S2/c25-23(26,27)22(37,24(28,29)30)15-10-17(14-1-3-19-18(9-14)34-13-40-19)21(33-11-15)35-5-7-36(8-6-35)41(38,39)16-2-4-20(31)32-12-16/h1-4,9-13,37H,5-8H2,(H2,31,32). The molecule has 9 nitrogen and oxygen atoms in total. The summed E-state index contributed by atoms with van der Waals surface area (Å²) >= 11 is 1.29. The third-order valence-corrected chi connectivity index (χ3v) is 9.37. The molecule has 5 rings (SSSR count). The van der Waals surface area contributed by atoms with Gasteiger partial charge in [-0.15, -0.1) is 11.3 Å². The van der Waals surface area contributed by atoms with Gasteiger partial charge in [-0.2, -0.15) is 30.6 Å². The Labute approximate surface area is 232 Å². The van der Waals surface area contributed by atoms with Crippen molar-refractivity contribution in [1.82, 2.24) is 19.3 Å². The molecule has 1 aliphatic heterocycles. The zero-order chi connectivity index (χ0) is 29.8. The number of rotatable bonds is 5. The minimum absolute atomic E-state index is 0.0150. The summed E-state index contributed by atoms with van der Waals surface area (Å²) in [7, 11) is -3.95. The molecule has 4 aromatic rings. The van der Waals surface area contributed by atoms with Gasteiger partial charge in [0.25, 0.3) is 5.60 Å². The van der Waals surface area contributed by atoms with Crippen LogP contribution in [0.2, 0.25) is 0 Å². The SMILES string of the molecule is Nc1ccc(S(=O)(=O)N2CCN(c3ncc(C(O)(C(F)(F)F)C(F)(F)F)cc3-c3ccc4scnc4c3)CC2)cn1. The lowest BCUT2D eigenvalue weighted by molar-refractivity contribution is -0.376. The molecule has 3 aromatic heterocycles. The number of thiazole rings is 1. The van der Waals surface area contributed by atoms with E-state index in [2.05, 4.69) is 15.0 Å². The van der Waals surface area contributed by atoms with E-state index in [4.69, 9.17) is 5.73 Å². The zero-order valence-electron chi connectivity index (χ0n) is 20.7. The molecule has 0 spiro atoms. The van der Waals surface area contributed by atoms with Crippen LogP contribution in [0.15, 0.2) is 59.2 Å². The topological polar surface area (TPSA) is 126 Å². The Kier molecular flexibility index (Phi) is 7.12. The molecule has 1 aromatic carbocycles. The van der Waals surface area contributed by atoms with Crippen molar-refractivity contribution in [3.63, 3.8) is 0 Å². The van der Waals surface area contributed by atoms with Crippen LogP contribution in [0, 0.1) is 0 Å². The van der Waals surface area contributed by atoms with Crippen molar-refractivity contribution in [1.29, 1.82) is 0 Å². The van der Waals surface area contributed by atoms with Gasteiger partial charge in [-0.25, -0.2) is 23.4 Å². The Morgan fingerprint density at radius 3 is 2.17 bits per heavy atom. The molecule has 0 amide bonds. The van der Waals surface area contributed by atoms with Crippen LogP contribution in [0.5, 0.6) is 0 Å². The number of aromatic nitrogens is 3. The Morgan fingerprint density at radius 1 is 0.878 bits per heavy atom. The molecular formula is C24H20F6N6O3S2. The van der Waals surface area contributed by atoms with Gasteiger partial charge in [0.15, 0.2) is 0 Å². The molecule has 218 valence electrons. The van der Waals surface area contributed by atoms with E-state index >= 15 is 0 Å². The summed E-state index contributed by atoms with van der Waals surface area (Å²) in [6.45, 7) is -0.0864. The van der Waals surface area contributed by atoms with Gasteiger partial charge in [0.05, 0.1) is 15.7 Å². The lowest BCUT2D eigenvalue weighted by Gasteiger charge is -2.36. The maximum absolute atomic E-state index is 13.7. The van der Waals surface area contributed by atoms with E-state index in [1.54, 1.807) is 11.0 Å². The van der Waals surface area contributed by atoms with Crippen LogP contribution in [-0.4, -0.2) is 71.3 Å². The number of nitrogens with zero attached hydrogens (tertiary/aromatic N) is 5. The number of sulfonamides is 1. The second kappa shape index (κ2) is 10.1. The zero-order valence-corrected chi connectivity index (χ0v) is 22.3. The first kappa shape index (κ1) is 29.0. The molecule has 1 fully saturated rings. The van der Waals surface area contributed by atoms with Gasteiger partial charge in [-0.3, -0.25) is 0 Å². The monoisotopic (exact) mass is 618 g/mol. The number of fused-ring (bicyclic) bond motifs is 1. The van der Waals surface area contributed by atoms with Gasteiger partial charge in [-0.05, 0) is 35.9 Å². The van der Waals surface area contributed by atoms with Crippen molar-refractivity contribution >= 4 is 43.2 Å². The number of aliphatic hydroxyl groups is 1. The minimum Gasteiger partial charge on any atom is -0.384 e. The highest BCUT2D eigenvalue weighted by atomic mass is 32.2. The molecule has 4 heterocycles. The van der Waals surface area contributed by atoms with Crippen molar-refractivity contribution in [3.05, 3.63) is 59.9 Å². The number of alkyl halides is 6. The van der Waals surface area contributed by atoms with E-state index in [1.165, 1.54) is 45.4 Å². The molecule has 1 saturated heterocycles. The first-order valence-corrected chi connectivity index (χ1v) is 14.1. The van der Waals surface area contributed by atoms with E-state index in [0.29, 0.717) is 17.8 Å². The fourth-order valence-corrected chi connectivity index (χ4v) is 6.49. The van der Waals surface area contributed by atoms with E-state index in [9.17, 15) is 39.9 Å². The van der Waals surface area contributed by atoms with Crippen LogP contribution >= 0.6 is 11.3 Å². The van der Waals surface area contributed by atoms with Crippen molar-refractivity contribution < 1.29 is 39.9 Å². The summed E-state index contributed by atoms with van der Waals surface area (Å²) in [6.07, 6.45) is -10.7. The maximum Gasteiger partial charge on any atom is 0.430 e. The van der Waals surface area contributed by atoms with Crippen LogP contribution in [-0.2, 0) is 15.6 Å². The number of nitrogens with two attached hydrogens (primary N) is 1. The fraction of sp³-hybridized carbons (Fsp3) is 0.292. The summed E-state index contributed by atoms with van der Waals surface area (Å²) in [4.78, 5) is 13.4. The number of benzene rings is 1. The van der Waals surface area contributed by atoms with E-state index in [1.807, 2.05) is 0 Å². The molecule has 0 atom stereocenters. The quantitative estimate of drug-likeness (QED) is 0.320. The third-order valence-electron chi connectivity index (χ3n) is 6.68. The summed E-state index contributed by atoms with van der Waals surface area (Å²) in [5.41, 5.74) is 0.922. The van der Waals surface area contributed by atoms with Crippen molar-refractivity contribution in [2.24, 2.45) is 0 Å². The first-order valence-electron chi connectivity index (χ1n) is 11.8. The van der Waals surface area contributed by atoms with Crippen LogP contribution in [0.25, 0.3) is 21.3 Å². The molecule has 1 aliphatic rings. The highest BCUT2D eigenvalue weighted by Gasteiger charge is 2.71. The number of halogens is 6. The fourth-order valence-electron chi connectivity index (χ4n) is 4.47. The summed E-state index contributed by atoms with van der Waals surface area (Å²) in [5, 5.41) is 10.0. The van der Waals surface area contributed by atoms with Gasteiger partial charge >= 0.3 is 12.4 Å². The van der Waals surface area contributed by atoms with Crippen LogP contribution in [0.4, 0.5) is 38.0 Å².